The van der Waals surface area contributed by atoms with Crippen molar-refractivity contribution >= 4 is 11.6 Å². The molecule has 4 heteroatoms. The van der Waals surface area contributed by atoms with Crippen LogP contribution in [0, 0.1) is 46.3 Å². The van der Waals surface area contributed by atoms with Crippen molar-refractivity contribution in [1.29, 1.82) is 0 Å². The summed E-state index contributed by atoms with van der Waals surface area (Å²) in [5.41, 5.74) is -0.170. The van der Waals surface area contributed by atoms with Gasteiger partial charge in [-0.2, -0.15) is 0 Å². The second-order valence-electron chi connectivity index (χ2n) is 10.6. The molecule has 4 aliphatic rings. The van der Waals surface area contributed by atoms with Crippen LogP contribution in [0.5, 0.6) is 0 Å². The summed E-state index contributed by atoms with van der Waals surface area (Å²) in [6.07, 6.45) is 6.23. The predicted molar refractivity (Wildman–Crippen MR) is 103 cm³/mol. The lowest BCUT2D eigenvalue weighted by Crippen LogP contribution is -2.58. The van der Waals surface area contributed by atoms with E-state index in [0.29, 0.717) is 36.6 Å². The molecule has 0 aliphatic heterocycles. The molecule has 0 aromatic heterocycles. The highest BCUT2D eigenvalue weighted by molar-refractivity contribution is 5.87. The van der Waals surface area contributed by atoms with E-state index in [9.17, 15) is 14.7 Å². The number of aliphatic hydroxyl groups excluding tert-OH is 1. The molecule has 0 saturated heterocycles. The second-order valence-corrected chi connectivity index (χ2v) is 10.6. The third-order valence-corrected chi connectivity index (χ3v) is 9.32. The molecule has 4 rings (SSSR count). The highest BCUT2D eigenvalue weighted by Gasteiger charge is 2.65. The number of carbonyl (C=O) groups is 2. The van der Waals surface area contributed by atoms with Gasteiger partial charge in [-0.3, -0.25) is 9.59 Å². The van der Waals surface area contributed by atoms with Gasteiger partial charge in [-0.05, 0) is 80.0 Å². The number of Topliss-reactive ketones (excluding diaryl/α,β-unsaturated/α-hetero) is 2. The van der Waals surface area contributed by atoms with Crippen LogP contribution in [-0.2, 0) is 14.3 Å². The molecule has 0 spiro atoms. The van der Waals surface area contributed by atoms with Crippen molar-refractivity contribution < 1.29 is 19.4 Å². The molecule has 4 saturated carbocycles. The predicted octanol–water partition coefficient (Wildman–Crippen LogP) is 3.65. The molecule has 1 N–H and O–H groups in total. The van der Waals surface area contributed by atoms with E-state index in [1.54, 1.807) is 14.0 Å². The molecule has 9 atom stereocenters. The summed E-state index contributed by atoms with van der Waals surface area (Å²) < 4.78 is 5.47. The Bertz CT molecular complexity index is 630. The lowest BCUT2D eigenvalue weighted by atomic mass is 9.44. The lowest BCUT2D eigenvalue weighted by molar-refractivity contribution is -0.162. The van der Waals surface area contributed by atoms with E-state index in [4.69, 9.17) is 4.74 Å². The molecule has 0 aromatic carbocycles. The van der Waals surface area contributed by atoms with Crippen molar-refractivity contribution in [3.63, 3.8) is 0 Å². The van der Waals surface area contributed by atoms with E-state index in [-0.39, 0.29) is 40.5 Å². The number of rotatable bonds is 3. The quantitative estimate of drug-likeness (QED) is 0.817. The third kappa shape index (κ3) is 2.77. The molecule has 0 radical (unpaired) electrons. The van der Waals surface area contributed by atoms with Gasteiger partial charge in [-0.1, -0.05) is 13.8 Å². The van der Waals surface area contributed by atoms with Crippen LogP contribution >= 0.6 is 0 Å². The van der Waals surface area contributed by atoms with Crippen LogP contribution < -0.4 is 0 Å². The average molecular weight is 377 g/mol. The average Bonchev–Trinajstić information content (AvgIpc) is 2.87. The summed E-state index contributed by atoms with van der Waals surface area (Å²) in [6.45, 7) is 6.86. The number of ether oxygens (including phenoxy) is 1. The highest BCUT2D eigenvalue weighted by Crippen LogP contribution is 2.67. The number of ketones is 2. The number of hydrogen-bond acceptors (Lipinski definition) is 4. The third-order valence-electron chi connectivity index (χ3n) is 9.32. The molecule has 4 aliphatic carbocycles. The Balaban J connectivity index is 1.69. The van der Waals surface area contributed by atoms with Crippen LogP contribution in [0.1, 0.15) is 65.7 Å². The van der Waals surface area contributed by atoms with Crippen molar-refractivity contribution in [3.8, 4) is 0 Å². The van der Waals surface area contributed by atoms with Crippen molar-refractivity contribution in [2.24, 2.45) is 46.3 Å². The first-order valence-corrected chi connectivity index (χ1v) is 10.9. The van der Waals surface area contributed by atoms with Crippen molar-refractivity contribution in [2.75, 3.05) is 13.7 Å². The zero-order chi connectivity index (χ0) is 19.6. The molecule has 27 heavy (non-hydrogen) atoms. The SMILES string of the molecule is COC[C@@H]1C[C@H]2[C@@H]3CCC4C[C@H](O)CC[C@]4(C)[C@H]3C(=O)C[C@]2(C)[C@H]1C(C)=O. The second kappa shape index (κ2) is 6.66. The van der Waals surface area contributed by atoms with Gasteiger partial charge in [-0.15, -0.1) is 0 Å². The molecule has 0 aromatic rings. The number of fused-ring (bicyclic) bond motifs is 5. The Morgan fingerprint density at radius 3 is 2.59 bits per heavy atom. The first-order valence-electron chi connectivity index (χ1n) is 10.9. The summed E-state index contributed by atoms with van der Waals surface area (Å²) in [5.74, 6) is 2.25. The Morgan fingerprint density at radius 2 is 1.93 bits per heavy atom. The van der Waals surface area contributed by atoms with Gasteiger partial charge in [0.1, 0.15) is 11.6 Å². The molecule has 4 fully saturated rings. The minimum atomic E-state index is -0.204. The van der Waals surface area contributed by atoms with Crippen molar-refractivity contribution in [2.45, 2.75) is 71.8 Å². The summed E-state index contributed by atoms with van der Waals surface area (Å²) in [4.78, 5) is 26.1. The highest BCUT2D eigenvalue weighted by atomic mass is 16.5. The zero-order valence-electron chi connectivity index (χ0n) is 17.4. The summed E-state index contributed by atoms with van der Waals surface area (Å²) in [6, 6.07) is 0. The van der Waals surface area contributed by atoms with Crippen LogP contribution in [-0.4, -0.2) is 36.5 Å². The van der Waals surface area contributed by atoms with Gasteiger partial charge >= 0.3 is 0 Å². The molecule has 0 bridgehead atoms. The number of carbonyl (C=O) groups excluding carboxylic acids is 2. The number of hydrogen-bond donors (Lipinski definition) is 1. The maximum absolute atomic E-state index is 13.5. The van der Waals surface area contributed by atoms with Gasteiger partial charge in [0.2, 0.25) is 0 Å². The van der Waals surface area contributed by atoms with Gasteiger partial charge in [0.25, 0.3) is 0 Å². The fraction of sp³-hybridized carbons (Fsp3) is 0.913. The Morgan fingerprint density at radius 1 is 1.19 bits per heavy atom. The molecule has 152 valence electrons. The van der Waals surface area contributed by atoms with Crippen LogP contribution in [0.15, 0.2) is 0 Å². The van der Waals surface area contributed by atoms with Crippen LogP contribution in [0.2, 0.25) is 0 Å². The molecule has 0 heterocycles. The molecule has 4 nitrogen and oxygen atoms in total. The monoisotopic (exact) mass is 376 g/mol. The molecular weight excluding hydrogens is 340 g/mol. The van der Waals surface area contributed by atoms with E-state index in [1.807, 2.05) is 0 Å². The summed E-state index contributed by atoms with van der Waals surface area (Å²) >= 11 is 0. The Kier molecular flexibility index (Phi) is 4.82. The minimum absolute atomic E-state index is 0.0334. The van der Waals surface area contributed by atoms with Crippen LogP contribution in [0.3, 0.4) is 0 Å². The van der Waals surface area contributed by atoms with Crippen LogP contribution in [0.25, 0.3) is 0 Å². The fourth-order valence-electron chi connectivity index (χ4n) is 8.41. The topological polar surface area (TPSA) is 63.6 Å². The van der Waals surface area contributed by atoms with Crippen molar-refractivity contribution in [3.05, 3.63) is 0 Å². The van der Waals surface area contributed by atoms with Gasteiger partial charge < -0.3 is 9.84 Å². The Hall–Kier alpha value is -0.740. The maximum atomic E-state index is 13.5. The van der Waals surface area contributed by atoms with Gasteiger partial charge in [0, 0.05) is 32.0 Å². The van der Waals surface area contributed by atoms with E-state index < -0.39 is 0 Å². The Labute approximate surface area is 163 Å². The van der Waals surface area contributed by atoms with E-state index in [2.05, 4.69) is 13.8 Å². The van der Waals surface area contributed by atoms with Gasteiger partial charge in [-0.25, -0.2) is 0 Å². The fourth-order valence-corrected chi connectivity index (χ4v) is 8.41. The van der Waals surface area contributed by atoms with E-state index >= 15 is 0 Å². The number of methoxy groups -OCH3 is 1. The van der Waals surface area contributed by atoms with Crippen LogP contribution in [0.4, 0.5) is 0 Å². The summed E-state index contributed by atoms with van der Waals surface area (Å²) in [5, 5.41) is 10.2. The normalized spacial score (nSPS) is 52.0. The molecule has 1 unspecified atom stereocenters. The lowest BCUT2D eigenvalue weighted by Gasteiger charge is -2.59. The first-order chi connectivity index (χ1) is 12.7. The van der Waals surface area contributed by atoms with Crippen molar-refractivity contribution in [1.82, 2.24) is 0 Å². The van der Waals surface area contributed by atoms with Gasteiger partial charge in [0.05, 0.1) is 6.10 Å². The minimum Gasteiger partial charge on any atom is -0.393 e. The van der Waals surface area contributed by atoms with E-state index in [1.165, 1.54) is 0 Å². The maximum Gasteiger partial charge on any atom is 0.137 e. The zero-order valence-corrected chi connectivity index (χ0v) is 17.4. The standard InChI is InChI=1S/C23H36O4/c1-13(24)20-14(12-27-4)9-18-17-6-5-15-10-16(25)7-8-22(15,2)21(17)19(26)11-23(18,20)3/h14-18,20-21,25H,5-12H2,1-4H3/t14-,15?,16+,17-,18-,20-,21+,22-,23-/m0/s1. The molecular formula is C23H36O4. The smallest absolute Gasteiger partial charge is 0.137 e. The number of aliphatic hydroxyl groups is 1. The van der Waals surface area contributed by atoms with Gasteiger partial charge in [0.15, 0.2) is 0 Å². The first kappa shape index (κ1) is 19.6. The summed E-state index contributed by atoms with van der Waals surface area (Å²) in [7, 11) is 1.72. The molecule has 0 amide bonds. The van der Waals surface area contributed by atoms with E-state index in [0.717, 1.165) is 38.5 Å². The largest absolute Gasteiger partial charge is 0.393 e.